The molecule has 2 aromatic rings. The number of carbonyl (C=O) groups is 2. The van der Waals surface area contributed by atoms with Crippen LogP contribution in [-0.4, -0.2) is 33.0 Å². The van der Waals surface area contributed by atoms with Gasteiger partial charge in [0.15, 0.2) is 10.9 Å². The van der Waals surface area contributed by atoms with E-state index in [9.17, 15) is 9.59 Å². The highest BCUT2D eigenvalue weighted by Crippen LogP contribution is 2.16. The second kappa shape index (κ2) is 7.00. The summed E-state index contributed by atoms with van der Waals surface area (Å²) in [5.74, 6) is -1.12. The van der Waals surface area contributed by atoms with Gasteiger partial charge in [-0.3, -0.25) is 25.4 Å². The van der Waals surface area contributed by atoms with Crippen LogP contribution in [0.25, 0.3) is 0 Å². The molecule has 7 nitrogen and oxygen atoms in total. The summed E-state index contributed by atoms with van der Waals surface area (Å²) in [4.78, 5) is 35.4. The number of rotatable bonds is 3. The molecule has 0 saturated carbocycles. The van der Waals surface area contributed by atoms with Gasteiger partial charge in [0, 0.05) is 12.4 Å². The lowest BCUT2D eigenvalue weighted by molar-refractivity contribution is 0.0843. The number of aromatic nitrogens is 3. The number of halogens is 1. The molecular weight excluding hydrogens is 314 g/mol. The summed E-state index contributed by atoms with van der Waals surface area (Å²) in [6, 6.07) is 3.18. The Hall–Kier alpha value is -2.19. The Morgan fingerprint density at radius 2 is 2.00 bits per heavy atom. The van der Waals surface area contributed by atoms with Crippen molar-refractivity contribution in [2.75, 3.05) is 6.26 Å². The Morgan fingerprint density at radius 3 is 2.67 bits per heavy atom. The number of hydrogen-bond donors (Lipinski definition) is 2. The summed E-state index contributed by atoms with van der Waals surface area (Å²) in [6.07, 6.45) is 6.03. The summed E-state index contributed by atoms with van der Waals surface area (Å²) in [6.45, 7) is 0. The minimum atomic E-state index is -0.630. The maximum atomic E-state index is 11.9. The third kappa shape index (κ3) is 3.89. The first kappa shape index (κ1) is 15.2. The van der Waals surface area contributed by atoms with Gasteiger partial charge in [0.1, 0.15) is 0 Å². The van der Waals surface area contributed by atoms with Crippen molar-refractivity contribution in [1.29, 1.82) is 0 Å². The second-order valence-electron chi connectivity index (χ2n) is 3.70. The lowest BCUT2D eigenvalue weighted by Gasteiger charge is -2.08. The smallest absolute Gasteiger partial charge is 0.267 e. The number of thioether (sulfide) groups is 1. The molecule has 0 aliphatic heterocycles. The van der Waals surface area contributed by atoms with Gasteiger partial charge in [0.25, 0.3) is 11.8 Å². The fourth-order valence-corrected chi connectivity index (χ4v) is 1.87. The van der Waals surface area contributed by atoms with E-state index in [0.29, 0.717) is 10.7 Å². The first-order valence-corrected chi connectivity index (χ1v) is 7.29. The number of pyridine rings is 1. The molecule has 0 aliphatic carbocycles. The topological polar surface area (TPSA) is 96.9 Å². The predicted octanol–water partition coefficient (Wildman–Crippen LogP) is 1.32. The molecule has 0 bridgehead atoms. The average Bonchev–Trinajstić information content (AvgIpc) is 2.53. The molecular formula is C12H10ClN5O2S. The molecule has 2 N–H and O–H groups in total. The fraction of sp³-hybridized carbons (Fsp3) is 0.0833. The van der Waals surface area contributed by atoms with Crippen LogP contribution >= 0.6 is 23.4 Å². The Balaban J connectivity index is 2.04. The predicted molar refractivity (Wildman–Crippen MR) is 78.0 cm³/mol. The number of hydrogen-bond acceptors (Lipinski definition) is 6. The maximum absolute atomic E-state index is 11.9. The first-order valence-electron chi connectivity index (χ1n) is 5.69. The van der Waals surface area contributed by atoms with Crippen molar-refractivity contribution in [3.8, 4) is 0 Å². The molecule has 0 spiro atoms. The molecule has 2 heterocycles. The number of carbonyl (C=O) groups excluding carboxylic acids is 2. The van der Waals surface area contributed by atoms with E-state index in [1.165, 1.54) is 24.2 Å². The van der Waals surface area contributed by atoms with E-state index in [2.05, 4.69) is 25.8 Å². The number of nitrogens with one attached hydrogen (secondary N) is 2. The standard InChI is InChI=1S/C12H10ClN5O2S/c1-21-12-15-6-8(13)9(16-12)11(20)18-17-10(19)7-3-2-4-14-5-7/h2-6H,1H3,(H,17,19)(H,18,20). The van der Waals surface area contributed by atoms with Gasteiger partial charge >= 0.3 is 0 Å². The molecule has 0 atom stereocenters. The summed E-state index contributed by atoms with van der Waals surface area (Å²) in [7, 11) is 0. The molecule has 108 valence electrons. The largest absolute Gasteiger partial charge is 0.289 e. The average molecular weight is 324 g/mol. The SMILES string of the molecule is CSc1ncc(Cl)c(C(=O)NNC(=O)c2cccnc2)n1. The zero-order valence-electron chi connectivity index (χ0n) is 10.8. The summed E-state index contributed by atoms with van der Waals surface area (Å²) < 4.78 is 0. The van der Waals surface area contributed by atoms with Gasteiger partial charge in [-0.25, -0.2) is 9.97 Å². The van der Waals surface area contributed by atoms with Gasteiger partial charge in [0.2, 0.25) is 0 Å². The molecule has 0 unspecified atom stereocenters. The van der Waals surface area contributed by atoms with Crippen LogP contribution in [0.15, 0.2) is 35.9 Å². The van der Waals surface area contributed by atoms with Crippen LogP contribution in [0.2, 0.25) is 5.02 Å². The van der Waals surface area contributed by atoms with Gasteiger partial charge in [-0.2, -0.15) is 0 Å². The number of amides is 2. The summed E-state index contributed by atoms with van der Waals surface area (Å²) in [5, 5.41) is 0.504. The quantitative estimate of drug-likeness (QED) is 0.502. The molecule has 2 aromatic heterocycles. The van der Waals surface area contributed by atoms with E-state index >= 15 is 0 Å². The van der Waals surface area contributed by atoms with Crippen LogP contribution in [0.3, 0.4) is 0 Å². The van der Waals surface area contributed by atoms with E-state index in [1.54, 1.807) is 24.6 Å². The van der Waals surface area contributed by atoms with Crippen molar-refractivity contribution in [2.24, 2.45) is 0 Å². The number of nitrogens with zero attached hydrogens (tertiary/aromatic N) is 3. The van der Waals surface area contributed by atoms with E-state index in [-0.39, 0.29) is 10.7 Å². The van der Waals surface area contributed by atoms with Crippen molar-refractivity contribution in [3.05, 3.63) is 47.0 Å². The van der Waals surface area contributed by atoms with E-state index in [1.807, 2.05) is 0 Å². The summed E-state index contributed by atoms with van der Waals surface area (Å²) >= 11 is 7.14. The molecule has 9 heteroatoms. The molecule has 0 aliphatic rings. The Labute approximate surface area is 129 Å². The lowest BCUT2D eigenvalue weighted by Crippen LogP contribution is -2.42. The van der Waals surface area contributed by atoms with Crippen LogP contribution in [0.4, 0.5) is 0 Å². The van der Waals surface area contributed by atoms with E-state index in [4.69, 9.17) is 11.6 Å². The van der Waals surface area contributed by atoms with Crippen molar-refractivity contribution >= 4 is 35.2 Å². The zero-order chi connectivity index (χ0) is 15.2. The molecule has 21 heavy (non-hydrogen) atoms. The van der Waals surface area contributed by atoms with Crippen molar-refractivity contribution in [2.45, 2.75) is 5.16 Å². The molecule has 0 fully saturated rings. The Bertz CT molecular complexity index is 668. The van der Waals surface area contributed by atoms with Gasteiger partial charge < -0.3 is 0 Å². The van der Waals surface area contributed by atoms with Crippen LogP contribution in [0.1, 0.15) is 20.8 Å². The lowest BCUT2D eigenvalue weighted by atomic mass is 10.3. The molecule has 2 amide bonds. The monoisotopic (exact) mass is 323 g/mol. The minimum absolute atomic E-state index is 0.0116. The van der Waals surface area contributed by atoms with Gasteiger partial charge in [-0.05, 0) is 18.4 Å². The minimum Gasteiger partial charge on any atom is -0.267 e. The van der Waals surface area contributed by atoms with Crippen molar-refractivity contribution < 1.29 is 9.59 Å². The number of hydrazine groups is 1. The first-order chi connectivity index (χ1) is 10.1. The Morgan fingerprint density at radius 1 is 1.24 bits per heavy atom. The van der Waals surface area contributed by atoms with E-state index in [0.717, 1.165) is 0 Å². The van der Waals surface area contributed by atoms with Gasteiger partial charge in [0.05, 0.1) is 16.8 Å². The van der Waals surface area contributed by atoms with Crippen molar-refractivity contribution in [1.82, 2.24) is 25.8 Å². The van der Waals surface area contributed by atoms with Gasteiger partial charge in [-0.1, -0.05) is 23.4 Å². The van der Waals surface area contributed by atoms with E-state index < -0.39 is 11.8 Å². The molecule has 0 saturated heterocycles. The van der Waals surface area contributed by atoms with Crippen LogP contribution in [0.5, 0.6) is 0 Å². The third-order valence-corrected chi connectivity index (χ3v) is 3.17. The van der Waals surface area contributed by atoms with Crippen LogP contribution < -0.4 is 10.9 Å². The molecule has 0 aromatic carbocycles. The van der Waals surface area contributed by atoms with Crippen molar-refractivity contribution in [3.63, 3.8) is 0 Å². The molecule has 2 rings (SSSR count). The summed E-state index contributed by atoms with van der Waals surface area (Å²) in [5.41, 5.74) is 4.80. The fourth-order valence-electron chi connectivity index (χ4n) is 1.35. The zero-order valence-corrected chi connectivity index (χ0v) is 12.4. The highest BCUT2D eigenvalue weighted by Gasteiger charge is 2.15. The Kier molecular flexibility index (Phi) is 5.07. The van der Waals surface area contributed by atoms with Crippen LogP contribution in [0, 0.1) is 0 Å². The molecule has 0 radical (unpaired) electrons. The normalized spacial score (nSPS) is 10.0. The highest BCUT2D eigenvalue weighted by atomic mass is 35.5. The van der Waals surface area contributed by atoms with Gasteiger partial charge in [-0.15, -0.1) is 0 Å². The third-order valence-electron chi connectivity index (χ3n) is 2.33. The highest BCUT2D eigenvalue weighted by molar-refractivity contribution is 7.98. The maximum Gasteiger partial charge on any atom is 0.289 e. The van der Waals surface area contributed by atoms with Crippen LogP contribution in [-0.2, 0) is 0 Å². The second-order valence-corrected chi connectivity index (χ2v) is 4.88.